The molecule has 0 saturated heterocycles. The number of pyridine rings is 1. The van der Waals surface area contributed by atoms with Gasteiger partial charge in [0.2, 0.25) is 5.69 Å². The Hall–Kier alpha value is -5.78. The summed E-state index contributed by atoms with van der Waals surface area (Å²) < 4.78 is 14.9. The molecule has 44 heavy (non-hydrogen) atoms. The number of fused-ring (bicyclic) bond motifs is 1. The molecule has 0 fully saturated rings. The third-order valence-corrected chi connectivity index (χ3v) is 6.82. The van der Waals surface area contributed by atoms with Crippen molar-refractivity contribution in [3.05, 3.63) is 118 Å². The number of methoxy groups -OCH3 is 1. The predicted molar refractivity (Wildman–Crippen MR) is 159 cm³/mol. The van der Waals surface area contributed by atoms with Crippen LogP contribution in [0.3, 0.4) is 0 Å². The van der Waals surface area contributed by atoms with Crippen LogP contribution in [0.25, 0.3) is 16.9 Å². The second-order valence-corrected chi connectivity index (χ2v) is 11.1. The Labute approximate surface area is 251 Å². The first kappa shape index (κ1) is 28.3. The smallest absolute Gasteiger partial charge is 0.465 e. The average molecular weight is 591 g/mol. The Morgan fingerprint density at radius 2 is 1.68 bits per heavy atom. The molecule has 220 valence electrons. The van der Waals surface area contributed by atoms with Gasteiger partial charge in [-0.1, -0.05) is 15.9 Å². The average Bonchev–Trinajstić information content (AvgIpc) is 3.48. The highest BCUT2D eigenvalue weighted by Gasteiger charge is 2.46. The molecule has 12 nitrogen and oxygen atoms in total. The van der Waals surface area contributed by atoms with Crippen LogP contribution in [0.2, 0.25) is 0 Å². The molecule has 0 spiro atoms. The quantitative estimate of drug-likeness (QED) is 0.211. The lowest BCUT2D eigenvalue weighted by Gasteiger charge is -2.22. The van der Waals surface area contributed by atoms with E-state index in [1.165, 1.54) is 22.4 Å². The van der Waals surface area contributed by atoms with Crippen molar-refractivity contribution in [3.8, 4) is 16.9 Å². The molecule has 6 rings (SSSR count). The second-order valence-electron chi connectivity index (χ2n) is 11.1. The van der Waals surface area contributed by atoms with Crippen LogP contribution >= 0.6 is 0 Å². The lowest BCUT2D eigenvalue weighted by atomic mass is 9.95. The van der Waals surface area contributed by atoms with Crippen molar-refractivity contribution in [2.75, 3.05) is 7.11 Å². The minimum absolute atomic E-state index is 0.212. The maximum Gasteiger partial charge on any atom is 0.603 e. The molecule has 1 aliphatic heterocycles. The summed E-state index contributed by atoms with van der Waals surface area (Å²) in [4.78, 5) is 41.9. The zero-order valence-electron chi connectivity index (χ0n) is 24.5. The van der Waals surface area contributed by atoms with E-state index < -0.39 is 17.7 Å². The predicted octanol–water partition coefficient (Wildman–Crippen LogP) is 4.15. The van der Waals surface area contributed by atoms with Crippen LogP contribution in [0.15, 0.2) is 90.1 Å². The third kappa shape index (κ3) is 5.52. The molecule has 12 heteroatoms. The van der Waals surface area contributed by atoms with Gasteiger partial charge in [-0.3, -0.25) is 9.78 Å². The molecule has 0 unspecified atom stereocenters. The van der Waals surface area contributed by atoms with Gasteiger partial charge in [-0.05, 0) is 74.9 Å². The number of amides is 1. The van der Waals surface area contributed by atoms with Gasteiger partial charge < -0.3 is 9.47 Å². The minimum Gasteiger partial charge on any atom is -0.465 e. The van der Waals surface area contributed by atoms with Crippen LogP contribution < -0.4 is 5.56 Å². The molecule has 0 atom stereocenters. The molecule has 1 amide bonds. The monoisotopic (exact) mass is 590 g/mol. The maximum atomic E-state index is 13.3. The summed E-state index contributed by atoms with van der Waals surface area (Å²) in [6.45, 7) is 5.61. The number of aromatic nitrogens is 6. The van der Waals surface area contributed by atoms with Crippen LogP contribution in [0.4, 0.5) is 10.5 Å². The zero-order valence-corrected chi connectivity index (χ0v) is 24.5. The Morgan fingerprint density at radius 1 is 0.932 bits per heavy atom. The summed E-state index contributed by atoms with van der Waals surface area (Å²) in [6, 6.07) is 19.1. The number of hydrogen-bond donors (Lipinski definition) is 0. The van der Waals surface area contributed by atoms with E-state index in [9.17, 15) is 14.4 Å². The molecule has 0 aliphatic carbocycles. The summed E-state index contributed by atoms with van der Waals surface area (Å²) in [5.74, 6) is -0.442. The molecule has 0 radical (unpaired) electrons. The molecule has 4 heterocycles. The Balaban J connectivity index is 1.35. The minimum atomic E-state index is -0.719. The van der Waals surface area contributed by atoms with Crippen molar-refractivity contribution in [2.24, 2.45) is 0 Å². The van der Waals surface area contributed by atoms with Gasteiger partial charge in [-0.15, -0.1) is 5.10 Å². The summed E-state index contributed by atoms with van der Waals surface area (Å²) in [7, 11) is 1.32. The molecule has 0 N–H and O–H groups in total. The van der Waals surface area contributed by atoms with E-state index >= 15 is 0 Å². The van der Waals surface area contributed by atoms with Gasteiger partial charge >= 0.3 is 12.1 Å². The molecular formula is C32H28N7O5+. The van der Waals surface area contributed by atoms with Crippen molar-refractivity contribution in [1.82, 2.24) is 29.8 Å². The van der Waals surface area contributed by atoms with Crippen LogP contribution in [0.1, 0.15) is 48.0 Å². The number of esters is 1. The Morgan fingerprint density at radius 3 is 2.39 bits per heavy atom. The molecule has 3 aromatic heterocycles. The van der Waals surface area contributed by atoms with E-state index in [0.29, 0.717) is 34.0 Å². The number of ether oxygens (including phenoxy) is 2. The van der Waals surface area contributed by atoms with Crippen molar-refractivity contribution < 1.29 is 23.6 Å². The van der Waals surface area contributed by atoms with Gasteiger partial charge in [0, 0.05) is 30.1 Å². The van der Waals surface area contributed by atoms with Gasteiger partial charge in [-0.25, -0.2) is 14.2 Å². The second kappa shape index (κ2) is 11.1. The van der Waals surface area contributed by atoms with Gasteiger partial charge in [0.1, 0.15) is 11.2 Å². The Kier molecular flexibility index (Phi) is 7.17. The first-order valence-corrected chi connectivity index (χ1v) is 13.7. The number of nitrogens with zero attached hydrogens (tertiary/aromatic N) is 7. The van der Waals surface area contributed by atoms with Crippen molar-refractivity contribution in [2.45, 2.75) is 32.9 Å². The first-order valence-electron chi connectivity index (χ1n) is 13.7. The molecule has 1 aliphatic rings. The number of carbonyl (C=O) groups excluding carboxylic acids is 2. The highest BCUT2D eigenvalue weighted by atomic mass is 16.6. The van der Waals surface area contributed by atoms with Gasteiger partial charge in [0.15, 0.2) is 5.69 Å². The van der Waals surface area contributed by atoms with Crippen molar-refractivity contribution in [3.63, 3.8) is 0 Å². The number of rotatable bonds is 6. The van der Waals surface area contributed by atoms with Crippen molar-refractivity contribution in [1.29, 1.82) is 0 Å². The highest BCUT2D eigenvalue weighted by molar-refractivity contribution is 6.17. The summed E-state index contributed by atoms with van der Waals surface area (Å²) in [5, 5.41) is 13.2. The number of carbonyl (C=O) groups is 2. The first-order chi connectivity index (χ1) is 21.1. The number of hydrogen-bond acceptors (Lipinski definition) is 9. The van der Waals surface area contributed by atoms with Gasteiger partial charge in [0.25, 0.3) is 11.3 Å². The highest BCUT2D eigenvalue weighted by Crippen LogP contribution is 2.34. The molecule has 5 aromatic rings. The molecule has 0 bridgehead atoms. The normalized spacial score (nSPS) is 12.4. The lowest BCUT2D eigenvalue weighted by Crippen LogP contribution is -2.38. The number of benzene rings is 2. The summed E-state index contributed by atoms with van der Waals surface area (Å²) in [5.41, 5.74) is 4.74. The SMILES string of the molecule is COC(=O)c1ccc(-n2cc(C3=[N+](C(=O)OC(C)(C)C)c4ccc(Cn5nc(-c6ccncc6)ccc5=O)cc43)nn2)cc1. The fourth-order valence-electron chi connectivity index (χ4n) is 4.78. The van der Waals surface area contributed by atoms with Crippen molar-refractivity contribution >= 4 is 23.5 Å². The fraction of sp³-hybridized carbons (Fsp3) is 0.188. The van der Waals surface area contributed by atoms with Crippen LogP contribution in [0.5, 0.6) is 0 Å². The molecular weight excluding hydrogens is 562 g/mol. The van der Waals surface area contributed by atoms with Crippen LogP contribution in [-0.4, -0.2) is 64.8 Å². The van der Waals surface area contributed by atoms with E-state index in [0.717, 1.165) is 16.7 Å². The standard InChI is InChI=1S/C32H28N7O5/c1-32(2,3)44-31(42)39-27-11-5-20(18-38-28(40)12-10-25(35-38)21-13-15-33-16-14-21)17-24(27)29(39)26-19-37(36-34-26)23-8-6-22(7-9-23)30(41)43-4/h5-17,19H,18H2,1-4H3/q+1. The summed E-state index contributed by atoms with van der Waals surface area (Å²) in [6.07, 6.45) is 4.49. The fourth-order valence-corrected chi connectivity index (χ4v) is 4.78. The summed E-state index contributed by atoms with van der Waals surface area (Å²) >= 11 is 0. The van der Waals surface area contributed by atoms with Crippen LogP contribution in [0, 0.1) is 0 Å². The van der Waals surface area contributed by atoms with Gasteiger partial charge in [-0.2, -0.15) is 9.89 Å². The van der Waals surface area contributed by atoms with Crippen LogP contribution in [-0.2, 0) is 16.0 Å². The third-order valence-electron chi connectivity index (χ3n) is 6.82. The van der Waals surface area contributed by atoms with E-state index in [4.69, 9.17) is 9.47 Å². The molecule has 0 saturated carbocycles. The molecule has 2 aromatic carbocycles. The van der Waals surface area contributed by atoms with E-state index in [1.807, 2.05) is 30.3 Å². The van der Waals surface area contributed by atoms with Gasteiger partial charge in [0.05, 0.1) is 36.8 Å². The largest absolute Gasteiger partial charge is 0.603 e. The zero-order chi connectivity index (χ0) is 31.0. The van der Waals surface area contributed by atoms with E-state index in [-0.39, 0.29) is 12.1 Å². The van der Waals surface area contributed by atoms with E-state index in [1.54, 1.807) is 74.4 Å². The lowest BCUT2D eigenvalue weighted by molar-refractivity contribution is -0.375. The topological polar surface area (TPSA) is 134 Å². The Bertz CT molecular complexity index is 1990. The van der Waals surface area contributed by atoms with E-state index in [2.05, 4.69) is 20.4 Å². The maximum absolute atomic E-state index is 13.3.